The number of halogens is 1. The van der Waals surface area contributed by atoms with Crippen LogP contribution in [-0.2, 0) is 5.54 Å². The van der Waals surface area contributed by atoms with Gasteiger partial charge in [0.2, 0.25) is 0 Å². The third-order valence-electron chi connectivity index (χ3n) is 5.77. The molecule has 2 N–H and O–H groups in total. The van der Waals surface area contributed by atoms with Crippen molar-refractivity contribution in [1.29, 1.82) is 0 Å². The van der Waals surface area contributed by atoms with E-state index in [1.54, 1.807) is 0 Å². The van der Waals surface area contributed by atoms with E-state index in [2.05, 4.69) is 99.6 Å². The zero-order chi connectivity index (χ0) is 22.0. The topological polar surface area (TPSA) is 43.8 Å². The number of hydrogen-bond donors (Lipinski definition) is 1. The predicted octanol–water partition coefficient (Wildman–Crippen LogP) is 6.74. The van der Waals surface area contributed by atoms with E-state index in [1.165, 1.54) is 0 Å². The molecule has 0 radical (unpaired) electrons. The van der Waals surface area contributed by atoms with Crippen molar-refractivity contribution in [2.75, 3.05) is 5.73 Å². The molecule has 0 aliphatic heterocycles. The molecule has 0 unspecified atom stereocenters. The van der Waals surface area contributed by atoms with Crippen LogP contribution in [0.3, 0.4) is 0 Å². The second-order valence-corrected chi connectivity index (χ2v) is 8.56. The maximum Gasteiger partial charge on any atom is 0.138 e. The standard InChI is InChI=1S/C28H22BrN3/c29-26-20-32(31-27(26)21-16-18-25(30)19-17-21)28(22-10-4-1-5-11-22,23-12-6-2-7-13-23)24-14-8-3-9-15-24/h1-20H,30H2. The summed E-state index contributed by atoms with van der Waals surface area (Å²) in [7, 11) is 0. The number of anilines is 1. The van der Waals surface area contributed by atoms with Crippen molar-refractivity contribution >= 4 is 21.6 Å². The maximum atomic E-state index is 5.91. The summed E-state index contributed by atoms with van der Waals surface area (Å²) in [5, 5.41) is 5.14. The molecule has 0 atom stereocenters. The van der Waals surface area contributed by atoms with Crippen LogP contribution in [0.5, 0.6) is 0 Å². The number of benzene rings is 4. The third-order valence-corrected chi connectivity index (χ3v) is 6.35. The Hall–Kier alpha value is -3.63. The summed E-state index contributed by atoms with van der Waals surface area (Å²) in [6.07, 6.45) is 2.07. The molecule has 1 heterocycles. The lowest BCUT2D eigenvalue weighted by atomic mass is 9.77. The fraction of sp³-hybridized carbons (Fsp3) is 0.0357. The summed E-state index contributed by atoms with van der Waals surface area (Å²) in [6.45, 7) is 0. The van der Waals surface area contributed by atoms with Crippen molar-refractivity contribution < 1.29 is 0 Å². The Kier molecular flexibility index (Phi) is 5.38. The molecule has 0 saturated carbocycles. The van der Waals surface area contributed by atoms with Gasteiger partial charge >= 0.3 is 0 Å². The Morgan fingerprint density at radius 2 is 1.06 bits per heavy atom. The van der Waals surface area contributed by atoms with Crippen LogP contribution in [0.2, 0.25) is 0 Å². The SMILES string of the molecule is Nc1ccc(-c2nn(C(c3ccccc3)(c3ccccc3)c3ccccc3)cc2Br)cc1. The second-order valence-electron chi connectivity index (χ2n) is 7.70. The molecule has 0 aliphatic rings. The predicted molar refractivity (Wildman–Crippen MR) is 134 cm³/mol. The van der Waals surface area contributed by atoms with Crippen molar-refractivity contribution in [3.8, 4) is 11.3 Å². The van der Waals surface area contributed by atoms with Gasteiger partial charge in [-0.1, -0.05) is 103 Å². The van der Waals surface area contributed by atoms with Crippen LogP contribution >= 0.6 is 15.9 Å². The van der Waals surface area contributed by atoms with E-state index in [1.807, 2.05) is 42.5 Å². The first kappa shape index (κ1) is 20.3. The van der Waals surface area contributed by atoms with Crippen LogP contribution in [0.4, 0.5) is 5.69 Å². The first-order chi connectivity index (χ1) is 15.7. The van der Waals surface area contributed by atoms with Gasteiger partial charge in [-0.3, -0.25) is 4.68 Å². The fourth-order valence-electron chi connectivity index (χ4n) is 4.30. The molecule has 3 nitrogen and oxygen atoms in total. The first-order valence-electron chi connectivity index (χ1n) is 10.5. The average molecular weight is 480 g/mol. The van der Waals surface area contributed by atoms with Gasteiger partial charge in [0.25, 0.3) is 0 Å². The minimum atomic E-state index is -0.641. The van der Waals surface area contributed by atoms with E-state index in [0.717, 1.165) is 38.1 Å². The molecule has 0 spiro atoms. The van der Waals surface area contributed by atoms with Crippen LogP contribution in [0.15, 0.2) is 126 Å². The number of nitrogens with two attached hydrogens (primary N) is 1. The van der Waals surface area contributed by atoms with Crippen molar-refractivity contribution in [3.05, 3.63) is 143 Å². The smallest absolute Gasteiger partial charge is 0.138 e. The molecule has 4 aromatic carbocycles. The van der Waals surface area contributed by atoms with E-state index in [9.17, 15) is 0 Å². The van der Waals surface area contributed by atoms with Crippen LogP contribution < -0.4 is 5.73 Å². The summed E-state index contributed by atoms with van der Waals surface area (Å²) in [4.78, 5) is 0. The quantitative estimate of drug-likeness (QED) is 0.224. The number of nitrogens with zero attached hydrogens (tertiary/aromatic N) is 2. The van der Waals surface area contributed by atoms with Gasteiger partial charge in [-0.15, -0.1) is 0 Å². The summed E-state index contributed by atoms with van der Waals surface area (Å²) in [5.41, 5.74) is 11.3. The molecular formula is C28H22BrN3. The van der Waals surface area contributed by atoms with Crippen LogP contribution in [0, 0.1) is 0 Å². The summed E-state index contributed by atoms with van der Waals surface area (Å²) >= 11 is 3.77. The Morgan fingerprint density at radius 3 is 1.50 bits per heavy atom. The van der Waals surface area contributed by atoms with Crippen molar-refractivity contribution in [1.82, 2.24) is 9.78 Å². The van der Waals surface area contributed by atoms with Gasteiger partial charge in [-0.2, -0.15) is 5.10 Å². The number of rotatable bonds is 5. The largest absolute Gasteiger partial charge is 0.399 e. The molecule has 5 rings (SSSR count). The van der Waals surface area contributed by atoms with Crippen molar-refractivity contribution in [2.45, 2.75) is 5.54 Å². The zero-order valence-electron chi connectivity index (χ0n) is 17.4. The van der Waals surface area contributed by atoms with Crippen molar-refractivity contribution in [2.24, 2.45) is 0 Å². The summed E-state index contributed by atoms with van der Waals surface area (Å²) in [6, 6.07) is 39.4. The van der Waals surface area contributed by atoms with Gasteiger partial charge in [0.1, 0.15) is 11.2 Å². The molecule has 5 aromatic rings. The fourth-order valence-corrected chi connectivity index (χ4v) is 4.80. The Bertz CT molecular complexity index is 1220. The maximum absolute atomic E-state index is 5.91. The lowest BCUT2D eigenvalue weighted by Crippen LogP contribution is -2.38. The van der Waals surface area contributed by atoms with Crippen LogP contribution in [0.25, 0.3) is 11.3 Å². The number of nitrogen functional groups attached to an aromatic ring is 1. The number of hydrogen-bond acceptors (Lipinski definition) is 2. The minimum absolute atomic E-state index is 0.641. The lowest BCUT2D eigenvalue weighted by Gasteiger charge is -2.36. The summed E-state index contributed by atoms with van der Waals surface area (Å²) < 4.78 is 3.00. The highest BCUT2D eigenvalue weighted by Crippen LogP contribution is 2.42. The average Bonchev–Trinajstić information content (AvgIpc) is 3.24. The molecule has 0 amide bonds. The Morgan fingerprint density at radius 1 is 0.625 bits per heavy atom. The van der Waals surface area contributed by atoms with Crippen LogP contribution in [0.1, 0.15) is 16.7 Å². The van der Waals surface area contributed by atoms with E-state index in [4.69, 9.17) is 10.8 Å². The molecule has 156 valence electrons. The van der Waals surface area contributed by atoms with Gasteiger partial charge in [0, 0.05) is 17.4 Å². The van der Waals surface area contributed by atoms with Gasteiger partial charge in [0.05, 0.1) is 4.47 Å². The van der Waals surface area contributed by atoms with Gasteiger partial charge in [-0.25, -0.2) is 0 Å². The molecule has 0 bridgehead atoms. The second kappa shape index (κ2) is 8.48. The molecule has 1 aromatic heterocycles. The normalized spacial score (nSPS) is 11.4. The monoisotopic (exact) mass is 479 g/mol. The van der Waals surface area contributed by atoms with E-state index in [0.29, 0.717) is 0 Å². The Balaban J connectivity index is 1.84. The highest BCUT2D eigenvalue weighted by Gasteiger charge is 2.39. The minimum Gasteiger partial charge on any atom is -0.399 e. The Labute approximate surface area is 196 Å². The molecular weight excluding hydrogens is 458 g/mol. The number of aromatic nitrogens is 2. The molecule has 0 aliphatic carbocycles. The summed E-state index contributed by atoms with van der Waals surface area (Å²) in [5.74, 6) is 0. The highest BCUT2D eigenvalue weighted by atomic mass is 79.9. The van der Waals surface area contributed by atoms with Crippen LogP contribution in [-0.4, -0.2) is 9.78 Å². The van der Waals surface area contributed by atoms with Gasteiger partial charge < -0.3 is 5.73 Å². The zero-order valence-corrected chi connectivity index (χ0v) is 19.0. The first-order valence-corrected chi connectivity index (χ1v) is 11.3. The van der Waals surface area contributed by atoms with E-state index < -0.39 is 5.54 Å². The van der Waals surface area contributed by atoms with Gasteiger partial charge in [-0.05, 0) is 44.8 Å². The third kappa shape index (κ3) is 3.43. The molecule has 0 saturated heterocycles. The molecule has 32 heavy (non-hydrogen) atoms. The van der Waals surface area contributed by atoms with Gasteiger partial charge in [0.15, 0.2) is 0 Å². The van der Waals surface area contributed by atoms with E-state index in [-0.39, 0.29) is 0 Å². The highest BCUT2D eigenvalue weighted by molar-refractivity contribution is 9.10. The van der Waals surface area contributed by atoms with Crippen molar-refractivity contribution in [3.63, 3.8) is 0 Å². The lowest BCUT2D eigenvalue weighted by molar-refractivity contribution is 0.461. The molecule has 4 heteroatoms. The molecule has 0 fully saturated rings. The van der Waals surface area contributed by atoms with E-state index >= 15 is 0 Å².